The summed E-state index contributed by atoms with van der Waals surface area (Å²) < 4.78 is 46.1. The molecule has 0 aliphatic heterocycles. The first-order valence-electron chi connectivity index (χ1n) is 6.83. The highest BCUT2D eigenvalue weighted by Crippen LogP contribution is 2.36. The number of halogens is 3. The Morgan fingerprint density at radius 2 is 1.83 bits per heavy atom. The number of hydrogen-bond acceptors (Lipinski definition) is 5. The maximum Gasteiger partial charge on any atom is 0.417 e. The molecule has 0 unspecified atom stereocenters. The van der Waals surface area contributed by atoms with E-state index in [0.29, 0.717) is 11.3 Å². The molecule has 3 aromatic heterocycles. The van der Waals surface area contributed by atoms with E-state index in [1.54, 1.807) is 22.6 Å². The SMILES string of the molecule is FC(F)(F)c1ccccc1-c1noc(-c2cccc3nncn23)n1. The molecule has 3 heterocycles. The maximum absolute atomic E-state index is 13.1. The van der Waals surface area contributed by atoms with Crippen molar-refractivity contribution in [3.63, 3.8) is 0 Å². The predicted molar refractivity (Wildman–Crippen MR) is 76.7 cm³/mol. The van der Waals surface area contributed by atoms with Crippen LogP contribution in [0.2, 0.25) is 0 Å². The van der Waals surface area contributed by atoms with E-state index in [-0.39, 0.29) is 17.3 Å². The van der Waals surface area contributed by atoms with Crippen LogP contribution in [-0.4, -0.2) is 24.7 Å². The van der Waals surface area contributed by atoms with Gasteiger partial charge in [0.05, 0.1) is 5.56 Å². The molecule has 0 fully saturated rings. The van der Waals surface area contributed by atoms with Crippen molar-refractivity contribution in [1.29, 1.82) is 0 Å². The molecule has 0 bridgehead atoms. The first-order valence-corrected chi connectivity index (χ1v) is 6.83. The van der Waals surface area contributed by atoms with Crippen molar-refractivity contribution in [2.45, 2.75) is 6.18 Å². The molecule has 9 heteroatoms. The van der Waals surface area contributed by atoms with E-state index in [0.717, 1.165) is 6.07 Å². The Hall–Kier alpha value is -3.23. The number of pyridine rings is 1. The molecule has 4 rings (SSSR count). The fourth-order valence-corrected chi connectivity index (χ4v) is 2.39. The summed E-state index contributed by atoms with van der Waals surface area (Å²) in [5.74, 6) is -0.0598. The van der Waals surface area contributed by atoms with Gasteiger partial charge in [-0.25, -0.2) is 0 Å². The molecule has 6 nitrogen and oxygen atoms in total. The zero-order valence-electron chi connectivity index (χ0n) is 11.9. The minimum Gasteiger partial charge on any atom is -0.332 e. The molecule has 0 saturated heterocycles. The molecular weight excluding hydrogens is 323 g/mol. The van der Waals surface area contributed by atoms with Crippen LogP contribution in [-0.2, 0) is 6.18 Å². The Balaban J connectivity index is 1.84. The fourth-order valence-electron chi connectivity index (χ4n) is 2.39. The van der Waals surface area contributed by atoms with Crippen LogP contribution < -0.4 is 0 Å². The Kier molecular flexibility index (Phi) is 3.08. The molecule has 0 aliphatic carbocycles. The van der Waals surface area contributed by atoms with E-state index in [2.05, 4.69) is 20.3 Å². The van der Waals surface area contributed by atoms with E-state index in [4.69, 9.17) is 4.52 Å². The second kappa shape index (κ2) is 5.15. The van der Waals surface area contributed by atoms with Crippen LogP contribution in [0.4, 0.5) is 13.2 Å². The van der Waals surface area contributed by atoms with Crippen molar-refractivity contribution in [2.24, 2.45) is 0 Å². The Bertz CT molecular complexity index is 1020. The van der Waals surface area contributed by atoms with Gasteiger partial charge in [0.25, 0.3) is 5.89 Å². The van der Waals surface area contributed by atoms with E-state index in [9.17, 15) is 13.2 Å². The zero-order valence-corrected chi connectivity index (χ0v) is 11.9. The first-order chi connectivity index (χ1) is 11.5. The van der Waals surface area contributed by atoms with Crippen molar-refractivity contribution in [2.75, 3.05) is 0 Å². The summed E-state index contributed by atoms with van der Waals surface area (Å²) in [5.41, 5.74) is 0.0828. The number of fused-ring (bicyclic) bond motifs is 1. The normalized spacial score (nSPS) is 12.0. The van der Waals surface area contributed by atoms with Gasteiger partial charge in [-0.3, -0.25) is 4.40 Å². The van der Waals surface area contributed by atoms with Gasteiger partial charge in [-0.1, -0.05) is 29.4 Å². The van der Waals surface area contributed by atoms with Gasteiger partial charge in [0.1, 0.15) is 12.0 Å². The Morgan fingerprint density at radius 1 is 1.00 bits per heavy atom. The lowest BCUT2D eigenvalue weighted by atomic mass is 10.1. The van der Waals surface area contributed by atoms with Crippen LogP contribution in [0.25, 0.3) is 28.6 Å². The van der Waals surface area contributed by atoms with Crippen molar-refractivity contribution >= 4 is 5.65 Å². The van der Waals surface area contributed by atoms with Gasteiger partial charge in [-0.2, -0.15) is 18.2 Å². The van der Waals surface area contributed by atoms with Crippen molar-refractivity contribution in [3.05, 3.63) is 54.4 Å². The van der Waals surface area contributed by atoms with Gasteiger partial charge in [0, 0.05) is 5.56 Å². The predicted octanol–water partition coefficient (Wildman–Crippen LogP) is 3.47. The molecule has 0 spiro atoms. The molecule has 24 heavy (non-hydrogen) atoms. The highest BCUT2D eigenvalue weighted by molar-refractivity contribution is 5.63. The minimum absolute atomic E-state index is 0.0763. The number of hydrogen-bond donors (Lipinski definition) is 0. The highest BCUT2D eigenvalue weighted by Gasteiger charge is 2.34. The third kappa shape index (κ3) is 2.30. The quantitative estimate of drug-likeness (QED) is 0.562. The van der Waals surface area contributed by atoms with E-state index in [1.165, 1.54) is 24.5 Å². The summed E-state index contributed by atoms with van der Waals surface area (Å²) in [6.07, 6.45) is -3.05. The number of nitrogens with zero attached hydrogens (tertiary/aromatic N) is 5. The smallest absolute Gasteiger partial charge is 0.332 e. The maximum atomic E-state index is 13.1. The van der Waals surface area contributed by atoms with Gasteiger partial charge in [-0.15, -0.1) is 10.2 Å². The van der Waals surface area contributed by atoms with Crippen LogP contribution in [0.3, 0.4) is 0 Å². The summed E-state index contributed by atoms with van der Waals surface area (Å²) in [4.78, 5) is 4.10. The van der Waals surface area contributed by atoms with E-state index >= 15 is 0 Å². The Morgan fingerprint density at radius 3 is 2.67 bits per heavy atom. The molecule has 120 valence electrons. The van der Waals surface area contributed by atoms with Crippen LogP contribution in [0.1, 0.15) is 5.56 Å². The van der Waals surface area contributed by atoms with E-state index < -0.39 is 11.7 Å². The summed E-state index contributed by atoms with van der Waals surface area (Å²) in [6.45, 7) is 0. The summed E-state index contributed by atoms with van der Waals surface area (Å²) in [7, 11) is 0. The van der Waals surface area contributed by atoms with Gasteiger partial charge >= 0.3 is 6.18 Å². The van der Waals surface area contributed by atoms with Crippen LogP contribution in [0.15, 0.2) is 53.3 Å². The number of aromatic nitrogens is 5. The number of alkyl halides is 3. The summed E-state index contributed by atoms with van der Waals surface area (Å²) in [5, 5.41) is 11.4. The second-order valence-corrected chi connectivity index (χ2v) is 4.94. The molecule has 1 aromatic carbocycles. The summed E-state index contributed by atoms with van der Waals surface area (Å²) in [6, 6.07) is 10.2. The number of benzene rings is 1. The topological polar surface area (TPSA) is 69.1 Å². The average Bonchev–Trinajstić information content (AvgIpc) is 3.23. The van der Waals surface area contributed by atoms with E-state index in [1.807, 2.05) is 0 Å². The van der Waals surface area contributed by atoms with Crippen LogP contribution >= 0.6 is 0 Å². The molecule has 0 atom stereocenters. The monoisotopic (exact) mass is 331 g/mol. The van der Waals surface area contributed by atoms with Crippen LogP contribution in [0.5, 0.6) is 0 Å². The Labute approximate surface area is 132 Å². The van der Waals surface area contributed by atoms with Gasteiger partial charge < -0.3 is 4.52 Å². The molecule has 0 amide bonds. The lowest BCUT2D eigenvalue weighted by Crippen LogP contribution is -2.07. The minimum atomic E-state index is -4.51. The third-order valence-corrected chi connectivity index (χ3v) is 3.45. The molecule has 4 aromatic rings. The van der Waals surface area contributed by atoms with Crippen molar-refractivity contribution in [3.8, 4) is 23.0 Å². The first kappa shape index (κ1) is 14.4. The molecule has 0 radical (unpaired) electrons. The average molecular weight is 331 g/mol. The number of rotatable bonds is 2. The van der Waals surface area contributed by atoms with Gasteiger partial charge in [0.15, 0.2) is 5.65 Å². The van der Waals surface area contributed by atoms with Crippen molar-refractivity contribution in [1.82, 2.24) is 24.7 Å². The summed E-state index contributed by atoms with van der Waals surface area (Å²) >= 11 is 0. The largest absolute Gasteiger partial charge is 0.417 e. The standard InChI is InChI=1S/C15H8F3N5O/c16-15(17,18)10-5-2-1-4-9(10)13-20-14(24-22-13)11-6-3-7-12-21-19-8-23(11)12/h1-8H. The molecular formula is C15H8F3N5O. The third-order valence-electron chi connectivity index (χ3n) is 3.45. The fraction of sp³-hybridized carbons (Fsp3) is 0.0667. The lowest BCUT2D eigenvalue weighted by Gasteiger charge is -2.09. The van der Waals surface area contributed by atoms with Gasteiger partial charge in [0.2, 0.25) is 5.82 Å². The zero-order chi connectivity index (χ0) is 16.7. The molecule has 0 saturated carbocycles. The molecule has 0 N–H and O–H groups in total. The second-order valence-electron chi connectivity index (χ2n) is 4.94. The van der Waals surface area contributed by atoms with Crippen molar-refractivity contribution < 1.29 is 17.7 Å². The lowest BCUT2D eigenvalue weighted by molar-refractivity contribution is -0.137. The van der Waals surface area contributed by atoms with Crippen LogP contribution in [0, 0.1) is 0 Å². The van der Waals surface area contributed by atoms with Gasteiger partial charge in [-0.05, 0) is 18.2 Å². The highest BCUT2D eigenvalue weighted by atomic mass is 19.4. The molecule has 0 aliphatic rings.